The van der Waals surface area contributed by atoms with Gasteiger partial charge in [-0.05, 0) is 36.8 Å². The predicted octanol–water partition coefficient (Wildman–Crippen LogP) is 3.81. The lowest BCUT2D eigenvalue weighted by Crippen LogP contribution is -2.18. The maximum Gasteiger partial charge on any atom is 0.268 e. The molecular formula is C18H16ClNO3. The van der Waals surface area contributed by atoms with Gasteiger partial charge < -0.3 is 9.84 Å². The van der Waals surface area contributed by atoms with E-state index in [4.69, 9.17) is 16.3 Å². The molecule has 1 N–H and O–H groups in total. The molecule has 0 amide bonds. The molecule has 3 aromatic rings. The Morgan fingerprint density at radius 3 is 2.78 bits per heavy atom. The zero-order valence-electron chi connectivity index (χ0n) is 12.6. The van der Waals surface area contributed by atoms with Gasteiger partial charge in [0.05, 0.1) is 12.1 Å². The maximum absolute atomic E-state index is 12.5. The van der Waals surface area contributed by atoms with Crippen molar-refractivity contribution >= 4 is 28.4 Å². The van der Waals surface area contributed by atoms with Gasteiger partial charge in [-0.2, -0.15) is 0 Å². The van der Waals surface area contributed by atoms with Gasteiger partial charge in [0.15, 0.2) is 6.61 Å². The van der Waals surface area contributed by atoms with E-state index in [0.717, 1.165) is 22.0 Å². The van der Waals surface area contributed by atoms with E-state index in [1.807, 2.05) is 31.2 Å². The summed E-state index contributed by atoms with van der Waals surface area (Å²) in [5.41, 5.74) is 2.35. The van der Waals surface area contributed by atoms with E-state index in [1.54, 1.807) is 24.4 Å². The number of fused-ring (bicyclic) bond motifs is 1. The summed E-state index contributed by atoms with van der Waals surface area (Å²) in [5.74, 6) is 0.428. The maximum atomic E-state index is 12.5. The van der Waals surface area contributed by atoms with Crippen LogP contribution in [0.4, 0.5) is 0 Å². The van der Waals surface area contributed by atoms with Crippen molar-refractivity contribution in [3.05, 3.63) is 64.8 Å². The van der Waals surface area contributed by atoms with Crippen LogP contribution in [0.5, 0.6) is 5.75 Å². The summed E-state index contributed by atoms with van der Waals surface area (Å²) >= 11 is 5.91. The van der Waals surface area contributed by atoms with Crippen molar-refractivity contribution in [1.29, 1.82) is 0 Å². The van der Waals surface area contributed by atoms with E-state index < -0.39 is 0 Å². The van der Waals surface area contributed by atoms with Crippen molar-refractivity contribution in [1.82, 2.24) is 4.57 Å². The van der Waals surface area contributed by atoms with Crippen molar-refractivity contribution in [2.24, 2.45) is 0 Å². The molecule has 1 heterocycles. The zero-order valence-corrected chi connectivity index (χ0v) is 13.4. The largest absolute Gasteiger partial charge is 0.483 e. The minimum absolute atomic E-state index is 0.0913. The number of rotatable bonds is 4. The highest BCUT2D eigenvalue weighted by molar-refractivity contribution is 6.30. The van der Waals surface area contributed by atoms with Crippen molar-refractivity contribution < 1.29 is 14.6 Å². The standard InChI is InChI=1S/C18H16ClNO3/c1-12-8-14(19)6-7-17(12)23-11-18(22)20-9-13(10-21)15-4-2-3-5-16(15)20/h2-9,21H,10-11H2,1H3. The highest BCUT2D eigenvalue weighted by atomic mass is 35.5. The number of ether oxygens (including phenoxy) is 1. The Kier molecular flexibility index (Phi) is 4.37. The molecule has 4 nitrogen and oxygen atoms in total. The monoisotopic (exact) mass is 329 g/mol. The number of carbonyl (C=O) groups is 1. The summed E-state index contributed by atoms with van der Waals surface area (Å²) in [4.78, 5) is 12.5. The third kappa shape index (κ3) is 3.09. The lowest BCUT2D eigenvalue weighted by molar-refractivity contribution is 0.0842. The highest BCUT2D eigenvalue weighted by Crippen LogP contribution is 2.23. The Bertz CT molecular complexity index is 870. The van der Waals surface area contributed by atoms with Crippen LogP contribution in [0, 0.1) is 6.92 Å². The summed E-state index contributed by atoms with van der Waals surface area (Å²) in [7, 11) is 0. The second-order valence-corrected chi connectivity index (χ2v) is 5.73. The smallest absolute Gasteiger partial charge is 0.268 e. The van der Waals surface area contributed by atoms with Gasteiger partial charge in [0, 0.05) is 22.2 Å². The summed E-state index contributed by atoms with van der Waals surface area (Å²) in [6, 6.07) is 12.7. The van der Waals surface area contributed by atoms with Crippen LogP contribution in [0.1, 0.15) is 15.9 Å². The normalized spacial score (nSPS) is 10.9. The molecule has 5 heteroatoms. The van der Waals surface area contributed by atoms with Crippen LogP contribution < -0.4 is 4.74 Å². The van der Waals surface area contributed by atoms with Gasteiger partial charge >= 0.3 is 0 Å². The number of aromatic nitrogens is 1. The third-order valence-corrected chi connectivity index (χ3v) is 3.96. The van der Waals surface area contributed by atoms with Crippen LogP contribution in [-0.2, 0) is 6.61 Å². The molecule has 118 valence electrons. The van der Waals surface area contributed by atoms with Crippen LogP contribution >= 0.6 is 11.6 Å². The minimum atomic E-state index is -0.199. The fourth-order valence-electron chi connectivity index (χ4n) is 2.57. The number of aliphatic hydroxyl groups is 1. The summed E-state index contributed by atoms with van der Waals surface area (Å²) in [6.07, 6.45) is 1.66. The van der Waals surface area contributed by atoms with Crippen LogP contribution in [0.15, 0.2) is 48.7 Å². The second-order valence-electron chi connectivity index (χ2n) is 5.29. The highest BCUT2D eigenvalue weighted by Gasteiger charge is 2.14. The predicted molar refractivity (Wildman–Crippen MR) is 90.2 cm³/mol. The molecule has 0 aliphatic carbocycles. The fourth-order valence-corrected chi connectivity index (χ4v) is 2.79. The first kappa shape index (κ1) is 15.6. The third-order valence-electron chi connectivity index (χ3n) is 3.72. The molecule has 0 spiro atoms. The summed E-state index contributed by atoms with van der Waals surface area (Å²) < 4.78 is 7.13. The first-order valence-corrected chi connectivity index (χ1v) is 7.60. The van der Waals surface area contributed by atoms with Crippen molar-refractivity contribution in [3.8, 4) is 5.75 Å². The molecule has 0 bridgehead atoms. The summed E-state index contributed by atoms with van der Waals surface area (Å²) in [5, 5.41) is 10.9. The van der Waals surface area contributed by atoms with E-state index in [0.29, 0.717) is 10.8 Å². The molecule has 0 saturated heterocycles. The number of hydrogen-bond donors (Lipinski definition) is 1. The number of aliphatic hydroxyl groups excluding tert-OH is 1. The molecular weight excluding hydrogens is 314 g/mol. The Labute approximate surface area is 138 Å². The van der Waals surface area contributed by atoms with E-state index >= 15 is 0 Å². The van der Waals surface area contributed by atoms with Gasteiger partial charge in [0.1, 0.15) is 5.75 Å². The molecule has 0 aliphatic rings. The number of benzene rings is 2. The number of hydrogen-bond acceptors (Lipinski definition) is 3. The Morgan fingerprint density at radius 1 is 1.26 bits per heavy atom. The van der Waals surface area contributed by atoms with E-state index in [2.05, 4.69) is 0 Å². The van der Waals surface area contributed by atoms with Gasteiger partial charge in [-0.1, -0.05) is 29.8 Å². The topological polar surface area (TPSA) is 51.5 Å². The zero-order chi connectivity index (χ0) is 16.4. The van der Waals surface area contributed by atoms with E-state index in [-0.39, 0.29) is 19.1 Å². The number of carbonyl (C=O) groups excluding carboxylic acids is 1. The molecule has 0 atom stereocenters. The Balaban J connectivity index is 1.84. The molecule has 0 fully saturated rings. The lowest BCUT2D eigenvalue weighted by Gasteiger charge is -2.09. The minimum Gasteiger partial charge on any atom is -0.483 e. The molecule has 2 aromatic carbocycles. The Hall–Kier alpha value is -2.30. The van der Waals surface area contributed by atoms with Crippen LogP contribution in [0.3, 0.4) is 0 Å². The van der Waals surface area contributed by atoms with Crippen LogP contribution in [-0.4, -0.2) is 22.2 Å². The molecule has 3 rings (SSSR count). The van der Waals surface area contributed by atoms with Gasteiger partial charge in [0.25, 0.3) is 5.91 Å². The molecule has 0 unspecified atom stereocenters. The molecule has 1 aromatic heterocycles. The van der Waals surface area contributed by atoms with Crippen molar-refractivity contribution in [2.45, 2.75) is 13.5 Å². The van der Waals surface area contributed by atoms with Crippen LogP contribution in [0.2, 0.25) is 5.02 Å². The SMILES string of the molecule is Cc1cc(Cl)ccc1OCC(=O)n1cc(CO)c2ccccc21. The quantitative estimate of drug-likeness (QED) is 0.791. The van der Waals surface area contributed by atoms with E-state index in [9.17, 15) is 9.90 Å². The van der Waals surface area contributed by atoms with Gasteiger partial charge in [-0.25, -0.2) is 0 Å². The van der Waals surface area contributed by atoms with Gasteiger partial charge in [0.2, 0.25) is 0 Å². The van der Waals surface area contributed by atoms with Crippen LogP contribution in [0.25, 0.3) is 10.9 Å². The van der Waals surface area contributed by atoms with Gasteiger partial charge in [-0.3, -0.25) is 9.36 Å². The molecule has 0 radical (unpaired) electrons. The Morgan fingerprint density at radius 2 is 2.04 bits per heavy atom. The summed E-state index contributed by atoms with van der Waals surface area (Å²) in [6.45, 7) is 1.67. The number of halogens is 1. The first-order valence-electron chi connectivity index (χ1n) is 7.22. The van der Waals surface area contributed by atoms with Crippen molar-refractivity contribution in [3.63, 3.8) is 0 Å². The second kappa shape index (κ2) is 6.44. The number of aryl methyl sites for hydroxylation is 1. The molecule has 0 saturated carbocycles. The molecule has 0 aliphatic heterocycles. The number of nitrogens with zero attached hydrogens (tertiary/aromatic N) is 1. The van der Waals surface area contributed by atoms with Gasteiger partial charge in [-0.15, -0.1) is 0 Å². The average molecular weight is 330 g/mol. The lowest BCUT2D eigenvalue weighted by atomic mass is 10.2. The van der Waals surface area contributed by atoms with Crippen molar-refractivity contribution in [2.75, 3.05) is 6.61 Å². The molecule has 23 heavy (non-hydrogen) atoms. The first-order chi connectivity index (χ1) is 11.1. The fraction of sp³-hybridized carbons (Fsp3) is 0.167. The average Bonchev–Trinajstić information content (AvgIpc) is 2.93. The number of para-hydroxylation sites is 1. The van der Waals surface area contributed by atoms with E-state index in [1.165, 1.54) is 4.57 Å².